The molecule has 0 atom stereocenters. The number of hydrogen-bond donors (Lipinski definition) is 1. The highest BCUT2D eigenvalue weighted by atomic mass is 19.4. The van der Waals surface area contributed by atoms with Crippen molar-refractivity contribution in [1.82, 2.24) is 9.55 Å². The van der Waals surface area contributed by atoms with Crippen molar-refractivity contribution in [2.24, 2.45) is 0 Å². The highest BCUT2D eigenvalue weighted by Gasteiger charge is 2.31. The number of rotatable bonds is 5. The Kier molecular flexibility index (Phi) is 6.58. The number of aromatic nitrogens is 2. The summed E-state index contributed by atoms with van der Waals surface area (Å²) in [5.74, 6) is 0.686. The van der Waals surface area contributed by atoms with Crippen LogP contribution in [0.25, 0.3) is 0 Å². The SMILES string of the molecule is CCn1c(N)nc(C2CCC(c3ccccc3)CC2)c(Cc2cccc(C(F)(F)F)c2)c1=O. The molecule has 1 aliphatic rings. The zero-order valence-electron chi connectivity index (χ0n) is 18.6. The van der Waals surface area contributed by atoms with Crippen LogP contribution in [0.3, 0.4) is 0 Å². The Morgan fingerprint density at radius 3 is 2.30 bits per heavy atom. The standard InChI is InChI=1S/C26H28F3N3O/c1-2-32-24(33)22(16-17-7-6-10-21(15-17)26(27,28)29)23(31-25(32)30)20-13-11-19(12-14-20)18-8-4-3-5-9-18/h3-10,15,19-20H,2,11-14,16H2,1H3,(H2,30,31). The summed E-state index contributed by atoms with van der Waals surface area (Å²) in [6, 6.07) is 15.5. The van der Waals surface area contributed by atoms with Crippen molar-refractivity contribution >= 4 is 5.95 Å². The number of anilines is 1. The first-order valence-electron chi connectivity index (χ1n) is 11.4. The molecule has 0 aliphatic heterocycles. The van der Waals surface area contributed by atoms with Gasteiger partial charge in [-0.05, 0) is 55.7 Å². The molecule has 4 nitrogen and oxygen atoms in total. The van der Waals surface area contributed by atoms with E-state index in [1.807, 2.05) is 18.2 Å². The fourth-order valence-corrected chi connectivity index (χ4v) is 4.92. The third kappa shape index (κ3) is 4.97. The van der Waals surface area contributed by atoms with Gasteiger partial charge in [0.05, 0.1) is 11.3 Å². The van der Waals surface area contributed by atoms with E-state index >= 15 is 0 Å². The van der Waals surface area contributed by atoms with Crippen molar-refractivity contribution in [3.8, 4) is 0 Å². The van der Waals surface area contributed by atoms with Crippen molar-refractivity contribution in [2.45, 2.75) is 63.6 Å². The van der Waals surface area contributed by atoms with Crippen LogP contribution in [0.2, 0.25) is 0 Å². The Hall–Kier alpha value is -3.09. The third-order valence-electron chi connectivity index (χ3n) is 6.66. The summed E-state index contributed by atoms with van der Waals surface area (Å²) in [5.41, 5.74) is 7.98. The van der Waals surface area contributed by atoms with Crippen molar-refractivity contribution in [3.63, 3.8) is 0 Å². The lowest BCUT2D eigenvalue weighted by Gasteiger charge is -2.30. The van der Waals surface area contributed by atoms with E-state index in [0.29, 0.717) is 29.3 Å². The molecule has 2 N–H and O–H groups in total. The van der Waals surface area contributed by atoms with E-state index in [0.717, 1.165) is 37.8 Å². The van der Waals surface area contributed by atoms with Crippen LogP contribution >= 0.6 is 0 Å². The molecule has 2 aromatic carbocycles. The normalized spacial score (nSPS) is 18.9. The number of benzene rings is 2. The number of nitrogens with zero attached hydrogens (tertiary/aromatic N) is 2. The summed E-state index contributed by atoms with van der Waals surface area (Å²) < 4.78 is 41.0. The molecule has 1 aromatic heterocycles. The van der Waals surface area contributed by atoms with Gasteiger partial charge >= 0.3 is 6.18 Å². The molecule has 1 aliphatic carbocycles. The fraction of sp³-hybridized carbons (Fsp3) is 0.385. The molecule has 0 bridgehead atoms. The van der Waals surface area contributed by atoms with Gasteiger partial charge in [0.15, 0.2) is 0 Å². The van der Waals surface area contributed by atoms with Crippen LogP contribution in [0.5, 0.6) is 0 Å². The maximum absolute atomic E-state index is 13.3. The van der Waals surface area contributed by atoms with Gasteiger partial charge in [0.1, 0.15) is 0 Å². The second-order valence-electron chi connectivity index (χ2n) is 8.72. The zero-order chi connectivity index (χ0) is 23.6. The fourth-order valence-electron chi connectivity index (χ4n) is 4.92. The lowest BCUT2D eigenvalue weighted by Crippen LogP contribution is -2.30. The Balaban J connectivity index is 1.66. The number of hydrogen-bond acceptors (Lipinski definition) is 3. The molecule has 7 heteroatoms. The molecule has 1 heterocycles. The van der Waals surface area contributed by atoms with E-state index in [1.165, 1.54) is 16.2 Å². The van der Waals surface area contributed by atoms with Gasteiger partial charge in [-0.3, -0.25) is 9.36 Å². The zero-order valence-corrected chi connectivity index (χ0v) is 18.6. The van der Waals surface area contributed by atoms with Crippen LogP contribution in [0.15, 0.2) is 59.4 Å². The Morgan fingerprint density at radius 1 is 1.00 bits per heavy atom. The van der Waals surface area contributed by atoms with Crippen molar-refractivity contribution in [1.29, 1.82) is 0 Å². The number of nitrogen functional groups attached to an aromatic ring is 1. The minimum atomic E-state index is -4.43. The van der Waals surface area contributed by atoms with Gasteiger partial charge in [-0.25, -0.2) is 4.98 Å². The Labute approximate surface area is 191 Å². The number of alkyl halides is 3. The largest absolute Gasteiger partial charge is 0.416 e. The van der Waals surface area contributed by atoms with Gasteiger partial charge in [0.2, 0.25) is 5.95 Å². The maximum Gasteiger partial charge on any atom is 0.416 e. The molecule has 3 aromatic rings. The summed E-state index contributed by atoms with van der Waals surface area (Å²) in [4.78, 5) is 17.9. The molecular formula is C26H28F3N3O. The molecular weight excluding hydrogens is 427 g/mol. The van der Waals surface area contributed by atoms with Crippen LogP contribution in [-0.2, 0) is 19.1 Å². The number of nitrogens with two attached hydrogens (primary N) is 1. The second kappa shape index (κ2) is 9.41. The lowest BCUT2D eigenvalue weighted by atomic mass is 9.76. The highest BCUT2D eigenvalue weighted by Crippen LogP contribution is 2.41. The first kappa shape index (κ1) is 23.1. The van der Waals surface area contributed by atoms with E-state index in [9.17, 15) is 18.0 Å². The number of halogens is 3. The van der Waals surface area contributed by atoms with Crippen LogP contribution in [0.1, 0.15) is 72.4 Å². The van der Waals surface area contributed by atoms with E-state index in [2.05, 4.69) is 17.1 Å². The summed E-state index contributed by atoms with van der Waals surface area (Å²) in [5, 5.41) is 0. The average Bonchev–Trinajstić information content (AvgIpc) is 2.81. The molecule has 0 radical (unpaired) electrons. The minimum Gasteiger partial charge on any atom is -0.369 e. The quantitative estimate of drug-likeness (QED) is 0.521. The Bertz CT molecular complexity index is 1160. The molecule has 0 amide bonds. The minimum absolute atomic E-state index is 0.0623. The van der Waals surface area contributed by atoms with E-state index in [1.54, 1.807) is 13.0 Å². The highest BCUT2D eigenvalue weighted by molar-refractivity contribution is 5.36. The molecule has 0 unspecified atom stereocenters. The van der Waals surface area contributed by atoms with Crippen LogP contribution in [0, 0.1) is 0 Å². The van der Waals surface area contributed by atoms with E-state index in [-0.39, 0.29) is 23.8 Å². The van der Waals surface area contributed by atoms with Gasteiger partial charge in [0.25, 0.3) is 5.56 Å². The first-order chi connectivity index (χ1) is 15.8. The van der Waals surface area contributed by atoms with Crippen molar-refractivity contribution in [3.05, 3.63) is 92.9 Å². The smallest absolute Gasteiger partial charge is 0.369 e. The van der Waals surface area contributed by atoms with E-state index < -0.39 is 11.7 Å². The molecule has 4 rings (SSSR count). The molecule has 1 fully saturated rings. The van der Waals surface area contributed by atoms with Crippen LogP contribution < -0.4 is 11.3 Å². The predicted octanol–water partition coefficient (Wildman–Crippen LogP) is 5.90. The molecule has 33 heavy (non-hydrogen) atoms. The van der Waals surface area contributed by atoms with Crippen LogP contribution in [0.4, 0.5) is 19.1 Å². The van der Waals surface area contributed by atoms with Crippen molar-refractivity contribution in [2.75, 3.05) is 5.73 Å². The molecule has 1 saturated carbocycles. The van der Waals surface area contributed by atoms with Gasteiger partial charge in [-0.1, -0.05) is 48.5 Å². The van der Waals surface area contributed by atoms with Crippen LogP contribution in [-0.4, -0.2) is 9.55 Å². The molecule has 0 spiro atoms. The van der Waals surface area contributed by atoms with Gasteiger partial charge in [-0.15, -0.1) is 0 Å². The lowest BCUT2D eigenvalue weighted by molar-refractivity contribution is -0.137. The molecule has 0 saturated heterocycles. The van der Waals surface area contributed by atoms with Crippen molar-refractivity contribution < 1.29 is 13.2 Å². The van der Waals surface area contributed by atoms with E-state index in [4.69, 9.17) is 5.73 Å². The third-order valence-corrected chi connectivity index (χ3v) is 6.66. The topological polar surface area (TPSA) is 60.9 Å². The first-order valence-corrected chi connectivity index (χ1v) is 11.4. The van der Waals surface area contributed by atoms with Gasteiger partial charge in [0, 0.05) is 24.4 Å². The molecule has 174 valence electrons. The maximum atomic E-state index is 13.3. The monoisotopic (exact) mass is 455 g/mol. The summed E-state index contributed by atoms with van der Waals surface area (Å²) in [6.45, 7) is 2.16. The predicted molar refractivity (Wildman–Crippen MR) is 123 cm³/mol. The second-order valence-corrected chi connectivity index (χ2v) is 8.72. The Morgan fingerprint density at radius 2 is 1.67 bits per heavy atom. The summed E-state index contributed by atoms with van der Waals surface area (Å²) >= 11 is 0. The summed E-state index contributed by atoms with van der Waals surface area (Å²) in [7, 11) is 0. The van der Waals surface area contributed by atoms with Gasteiger partial charge < -0.3 is 5.73 Å². The average molecular weight is 456 g/mol. The summed E-state index contributed by atoms with van der Waals surface area (Å²) in [6.07, 6.45) is -0.678. The van der Waals surface area contributed by atoms with Gasteiger partial charge in [-0.2, -0.15) is 13.2 Å².